The summed E-state index contributed by atoms with van der Waals surface area (Å²) < 4.78 is 0. The van der Waals surface area contributed by atoms with E-state index >= 15 is 0 Å². The summed E-state index contributed by atoms with van der Waals surface area (Å²) in [6.45, 7) is 1.85. The molecule has 1 aliphatic rings. The fourth-order valence-electron chi connectivity index (χ4n) is 2.07. The number of fused-ring (bicyclic) bond motifs is 1. The van der Waals surface area contributed by atoms with Gasteiger partial charge < -0.3 is 10.6 Å². The summed E-state index contributed by atoms with van der Waals surface area (Å²) in [4.78, 5) is 19.7. The van der Waals surface area contributed by atoms with Crippen LogP contribution in [0.1, 0.15) is 17.5 Å². The highest BCUT2D eigenvalue weighted by Gasteiger charge is 2.14. The van der Waals surface area contributed by atoms with Gasteiger partial charge in [-0.1, -0.05) is 11.6 Å². The summed E-state index contributed by atoms with van der Waals surface area (Å²) in [6.07, 6.45) is 2.94. The van der Waals surface area contributed by atoms with Crippen molar-refractivity contribution in [3.63, 3.8) is 0 Å². The quantitative estimate of drug-likeness (QED) is 0.834. The van der Waals surface area contributed by atoms with Crippen LogP contribution in [0.25, 0.3) is 0 Å². The van der Waals surface area contributed by atoms with Gasteiger partial charge in [-0.3, -0.25) is 4.79 Å². The van der Waals surface area contributed by atoms with Crippen LogP contribution in [0.5, 0.6) is 0 Å². The highest BCUT2D eigenvalue weighted by atomic mass is 35.5. The second kappa shape index (κ2) is 5.09. The van der Waals surface area contributed by atoms with Gasteiger partial charge in [0.2, 0.25) is 11.9 Å². The van der Waals surface area contributed by atoms with Crippen molar-refractivity contribution >= 4 is 34.8 Å². The maximum atomic E-state index is 11.3. The van der Waals surface area contributed by atoms with Crippen LogP contribution >= 0.6 is 11.6 Å². The minimum absolute atomic E-state index is 0.0619. The summed E-state index contributed by atoms with van der Waals surface area (Å²) in [7, 11) is 0. The van der Waals surface area contributed by atoms with Crippen LogP contribution in [-0.4, -0.2) is 15.9 Å². The van der Waals surface area contributed by atoms with E-state index in [-0.39, 0.29) is 5.91 Å². The Morgan fingerprint density at radius 3 is 3.00 bits per heavy atom. The minimum Gasteiger partial charge on any atom is -0.326 e. The second-order valence-electron chi connectivity index (χ2n) is 4.71. The molecule has 1 aromatic carbocycles. The van der Waals surface area contributed by atoms with Crippen LogP contribution in [0.3, 0.4) is 0 Å². The predicted octanol–water partition coefficient (Wildman–Crippen LogP) is 3.07. The van der Waals surface area contributed by atoms with Gasteiger partial charge in [0.1, 0.15) is 5.15 Å². The second-order valence-corrected chi connectivity index (χ2v) is 5.07. The Bertz CT molecular complexity index is 687. The number of aromatic nitrogens is 2. The third-order valence-corrected chi connectivity index (χ3v) is 3.55. The third-order valence-electron chi connectivity index (χ3n) is 3.17. The molecule has 2 N–H and O–H groups in total. The number of rotatable bonds is 2. The smallest absolute Gasteiger partial charge is 0.228 e. The monoisotopic (exact) mass is 288 g/mol. The van der Waals surface area contributed by atoms with Crippen LogP contribution in [0.2, 0.25) is 5.15 Å². The van der Waals surface area contributed by atoms with E-state index in [0.717, 1.165) is 28.9 Å². The summed E-state index contributed by atoms with van der Waals surface area (Å²) in [6, 6.07) is 5.75. The first-order chi connectivity index (χ1) is 9.61. The van der Waals surface area contributed by atoms with E-state index in [1.54, 1.807) is 6.20 Å². The van der Waals surface area contributed by atoms with Crippen molar-refractivity contribution in [2.24, 2.45) is 0 Å². The van der Waals surface area contributed by atoms with Gasteiger partial charge in [0.25, 0.3) is 0 Å². The summed E-state index contributed by atoms with van der Waals surface area (Å²) in [5.41, 5.74) is 3.69. The fraction of sp³-hybridized carbons (Fsp3) is 0.214. The molecule has 1 amide bonds. The lowest BCUT2D eigenvalue weighted by atomic mass is 10.0. The normalized spacial score (nSPS) is 13.6. The lowest BCUT2D eigenvalue weighted by molar-refractivity contribution is -0.116. The van der Waals surface area contributed by atoms with Crippen LogP contribution in [-0.2, 0) is 11.2 Å². The minimum atomic E-state index is 0.0619. The molecule has 0 fully saturated rings. The largest absolute Gasteiger partial charge is 0.326 e. The highest BCUT2D eigenvalue weighted by Crippen LogP contribution is 2.27. The molecule has 0 aliphatic carbocycles. The maximum absolute atomic E-state index is 11.3. The molecule has 0 bridgehead atoms. The van der Waals surface area contributed by atoms with Gasteiger partial charge in [0.15, 0.2) is 0 Å². The SMILES string of the molecule is Cc1cnc(Nc2ccc3c(c2)CCC(=O)N3)nc1Cl. The number of hydrogen-bond donors (Lipinski definition) is 2. The van der Waals surface area contributed by atoms with Gasteiger partial charge in [-0.15, -0.1) is 0 Å². The van der Waals surface area contributed by atoms with Crippen molar-refractivity contribution in [1.29, 1.82) is 0 Å². The van der Waals surface area contributed by atoms with E-state index in [9.17, 15) is 4.79 Å². The molecule has 5 nitrogen and oxygen atoms in total. The first-order valence-electron chi connectivity index (χ1n) is 6.31. The van der Waals surface area contributed by atoms with E-state index in [1.165, 1.54) is 0 Å². The van der Waals surface area contributed by atoms with Crippen molar-refractivity contribution in [3.05, 3.63) is 40.7 Å². The molecule has 0 radical (unpaired) electrons. The maximum Gasteiger partial charge on any atom is 0.228 e. The van der Waals surface area contributed by atoms with Crippen LogP contribution in [0.15, 0.2) is 24.4 Å². The van der Waals surface area contributed by atoms with Gasteiger partial charge in [0.05, 0.1) is 0 Å². The summed E-state index contributed by atoms with van der Waals surface area (Å²) in [5.74, 6) is 0.521. The molecule has 0 atom stereocenters. The van der Waals surface area contributed by atoms with Crippen molar-refractivity contribution in [2.75, 3.05) is 10.6 Å². The standard InChI is InChI=1S/C14H13ClN4O/c1-8-7-16-14(19-13(8)15)17-10-3-4-11-9(6-10)2-5-12(20)18-11/h3-4,6-7H,2,5H2,1H3,(H,18,20)(H,16,17,19). The van der Waals surface area contributed by atoms with E-state index in [4.69, 9.17) is 11.6 Å². The number of benzene rings is 1. The molecule has 102 valence electrons. The zero-order valence-electron chi connectivity index (χ0n) is 10.9. The number of amides is 1. The summed E-state index contributed by atoms with van der Waals surface area (Å²) in [5, 5.41) is 6.40. The molecule has 0 unspecified atom stereocenters. The first kappa shape index (κ1) is 12.9. The number of nitrogens with zero attached hydrogens (tertiary/aromatic N) is 2. The molecule has 0 saturated carbocycles. The predicted molar refractivity (Wildman–Crippen MR) is 78.5 cm³/mol. The number of carbonyl (C=O) groups excluding carboxylic acids is 1. The molecule has 6 heteroatoms. The first-order valence-corrected chi connectivity index (χ1v) is 6.68. The Labute approximate surface area is 121 Å². The van der Waals surface area contributed by atoms with Crippen molar-refractivity contribution in [2.45, 2.75) is 19.8 Å². The fourth-order valence-corrected chi connectivity index (χ4v) is 2.20. The van der Waals surface area contributed by atoms with Gasteiger partial charge in [0, 0.05) is 29.6 Å². The van der Waals surface area contributed by atoms with Gasteiger partial charge in [-0.2, -0.15) is 0 Å². The molecular formula is C14H13ClN4O. The number of hydrogen-bond acceptors (Lipinski definition) is 4. The van der Waals surface area contributed by atoms with Crippen molar-refractivity contribution in [1.82, 2.24) is 9.97 Å². The van der Waals surface area contributed by atoms with Gasteiger partial charge >= 0.3 is 0 Å². The Kier molecular flexibility index (Phi) is 3.28. The van der Waals surface area contributed by atoms with Crippen molar-refractivity contribution in [3.8, 4) is 0 Å². The molecule has 0 saturated heterocycles. The van der Waals surface area contributed by atoms with Crippen LogP contribution < -0.4 is 10.6 Å². The molecule has 3 rings (SSSR count). The number of carbonyl (C=O) groups is 1. The number of halogens is 1. The Hall–Kier alpha value is -2.14. The molecule has 2 heterocycles. The third kappa shape index (κ3) is 2.58. The lowest BCUT2D eigenvalue weighted by Gasteiger charge is -2.17. The highest BCUT2D eigenvalue weighted by molar-refractivity contribution is 6.30. The summed E-state index contributed by atoms with van der Waals surface area (Å²) >= 11 is 5.97. The van der Waals surface area contributed by atoms with Crippen LogP contribution in [0, 0.1) is 6.92 Å². The average molecular weight is 289 g/mol. The topological polar surface area (TPSA) is 66.9 Å². The molecule has 20 heavy (non-hydrogen) atoms. The number of anilines is 3. The van der Waals surface area contributed by atoms with E-state index in [2.05, 4.69) is 20.6 Å². The molecule has 2 aromatic rings. The van der Waals surface area contributed by atoms with Gasteiger partial charge in [-0.25, -0.2) is 9.97 Å². The Balaban J connectivity index is 1.84. The molecule has 1 aliphatic heterocycles. The Morgan fingerprint density at radius 1 is 1.35 bits per heavy atom. The van der Waals surface area contributed by atoms with Crippen LogP contribution in [0.4, 0.5) is 17.3 Å². The number of nitrogens with one attached hydrogen (secondary N) is 2. The molecular weight excluding hydrogens is 276 g/mol. The number of aryl methyl sites for hydroxylation is 2. The Morgan fingerprint density at radius 2 is 2.20 bits per heavy atom. The molecule has 0 spiro atoms. The van der Waals surface area contributed by atoms with E-state index < -0.39 is 0 Å². The zero-order chi connectivity index (χ0) is 14.1. The average Bonchev–Trinajstić information content (AvgIpc) is 2.43. The molecule has 1 aromatic heterocycles. The van der Waals surface area contributed by atoms with E-state index in [0.29, 0.717) is 17.5 Å². The van der Waals surface area contributed by atoms with E-state index in [1.807, 2.05) is 25.1 Å². The zero-order valence-corrected chi connectivity index (χ0v) is 11.7. The lowest BCUT2D eigenvalue weighted by Crippen LogP contribution is -2.18. The van der Waals surface area contributed by atoms with Gasteiger partial charge in [-0.05, 0) is 37.1 Å². The van der Waals surface area contributed by atoms with Crippen molar-refractivity contribution < 1.29 is 4.79 Å².